The van der Waals surface area contributed by atoms with Crippen LogP contribution in [0.25, 0.3) is 4.85 Å². The number of carbonyl (C=O) groups excluding carboxylic acids is 1. The van der Waals surface area contributed by atoms with Crippen LogP contribution in [0.4, 0.5) is 11.5 Å². The van der Waals surface area contributed by atoms with Gasteiger partial charge in [0, 0.05) is 13.1 Å². The molecule has 1 aliphatic rings. The Hall–Kier alpha value is -3.03. The van der Waals surface area contributed by atoms with E-state index in [9.17, 15) is 10.1 Å². The number of pyridine rings is 1. The maximum Gasteiger partial charge on any atom is 0.235 e. The molecule has 1 unspecified atom stereocenters. The van der Waals surface area contributed by atoms with Crippen molar-refractivity contribution in [3.63, 3.8) is 0 Å². The molecule has 27 heavy (non-hydrogen) atoms. The number of carbonyl (C=O) groups is 1. The van der Waals surface area contributed by atoms with Crippen molar-refractivity contribution in [3.05, 3.63) is 58.4 Å². The van der Waals surface area contributed by atoms with Crippen molar-refractivity contribution in [3.8, 4) is 6.07 Å². The van der Waals surface area contributed by atoms with Crippen LogP contribution in [0.2, 0.25) is 0 Å². The highest BCUT2D eigenvalue weighted by atomic mass is 32.2. The highest BCUT2D eigenvalue weighted by Crippen LogP contribution is 2.43. The summed E-state index contributed by atoms with van der Waals surface area (Å²) in [5, 5.41) is 9.54. The fourth-order valence-electron chi connectivity index (χ4n) is 3.03. The molecule has 1 fully saturated rings. The zero-order chi connectivity index (χ0) is 19.4. The zero-order valence-electron chi connectivity index (χ0n) is 15.0. The van der Waals surface area contributed by atoms with Gasteiger partial charge in [-0.2, -0.15) is 5.26 Å². The van der Waals surface area contributed by atoms with Gasteiger partial charge in [0.1, 0.15) is 22.2 Å². The largest absolute Gasteiger partial charge is 0.368 e. The van der Waals surface area contributed by atoms with Crippen LogP contribution in [0.15, 0.2) is 35.4 Å². The van der Waals surface area contributed by atoms with Crippen molar-refractivity contribution >= 4 is 29.2 Å². The smallest absolute Gasteiger partial charge is 0.235 e. The number of aromatic nitrogens is 1. The first-order valence-electron chi connectivity index (χ1n) is 8.71. The summed E-state index contributed by atoms with van der Waals surface area (Å²) >= 11 is 1.18. The van der Waals surface area contributed by atoms with E-state index in [0.717, 1.165) is 25.1 Å². The Morgan fingerprint density at radius 1 is 1.44 bits per heavy atom. The molecule has 1 aromatic heterocycles. The minimum atomic E-state index is -0.654. The summed E-state index contributed by atoms with van der Waals surface area (Å²) in [5.74, 6) is 0.112. The first-order valence-corrected chi connectivity index (χ1v) is 9.59. The van der Waals surface area contributed by atoms with Gasteiger partial charge >= 0.3 is 0 Å². The number of primary amides is 1. The Morgan fingerprint density at radius 2 is 2.15 bits per heavy atom. The highest BCUT2D eigenvalue weighted by molar-refractivity contribution is 8.00. The van der Waals surface area contributed by atoms with Crippen molar-refractivity contribution in [1.29, 1.82) is 5.26 Å². The number of anilines is 1. The average Bonchev–Trinajstić information content (AvgIpc) is 2.64. The van der Waals surface area contributed by atoms with Gasteiger partial charge in [0.25, 0.3) is 0 Å². The summed E-state index contributed by atoms with van der Waals surface area (Å²) < 4.78 is 0. The molecule has 136 valence electrons. The van der Waals surface area contributed by atoms with Crippen molar-refractivity contribution in [2.24, 2.45) is 5.73 Å². The van der Waals surface area contributed by atoms with Gasteiger partial charge in [-0.25, -0.2) is 9.83 Å². The van der Waals surface area contributed by atoms with Crippen LogP contribution >= 0.6 is 11.8 Å². The lowest BCUT2D eigenvalue weighted by Gasteiger charge is -2.34. The molecule has 0 bridgehead atoms. The van der Waals surface area contributed by atoms with E-state index in [0.29, 0.717) is 34.1 Å². The van der Waals surface area contributed by atoms with Crippen molar-refractivity contribution < 1.29 is 4.79 Å². The predicted molar refractivity (Wildman–Crippen MR) is 106 cm³/mol. The molecular weight excluding hydrogens is 358 g/mol. The number of hydrogen-bond acceptors (Lipinski definition) is 5. The SMILES string of the molecule is [C-]#[N+]c1c(N2CCC2)nc(SC(C(N)=O)c2ccccc2)c(C#N)c1CC. The van der Waals surface area contributed by atoms with E-state index in [1.165, 1.54) is 11.8 Å². The summed E-state index contributed by atoms with van der Waals surface area (Å²) in [7, 11) is 0. The number of nitrogens with two attached hydrogens (primary N) is 1. The lowest BCUT2D eigenvalue weighted by atomic mass is 10.0. The van der Waals surface area contributed by atoms with Crippen LogP contribution in [0.5, 0.6) is 0 Å². The highest BCUT2D eigenvalue weighted by Gasteiger charge is 2.28. The summed E-state index contributed by atoms with van der Waals surface area (Å²) in [5.41, 5.74) is 7.89. The fourth-order valence-corrected chi connectivity index (χ4v) is 4.09. The van der Waals surface area contributed by atoms with Gasteiger partial charge in [-0.3, -0.25) is 4.79 Å². The Bertz CT molecular complexity index is 942. The quantitative estimate of drug-likeness (QED) is 0.614. The normalized spacial score (nSPS) is 14.0. The lowest BCUT2D eigenvalue weighted by Crippen LogP contribution is -2.38. The summed E-state index contributed by atoms with van der Waals surface area (Å²) in [4.78, 5) is 22.4. The number of amides is 1. The molecule has 2 aromatic rings. The van der Waals surface area contributed by atoms with E-state index < -0.39 is 11.2 Å². The van der Waals surface area contributed by atoms with Crippen LogP contribution in [0.3, 0.4) is 0 Å². The van der Waals surface area contributed by atoms with E-state index in [2.05, 4.69) is 15.9 Å². The van der Waals surface area contributed by atoms with Crippen molar-refractivity contribution in [2.75, 3.05) is 18.0 Å². The molecule has 0 spiro atoms. The monoisotopic (exact) mass is 377 g/mol. The molecule has 3 rings (SSSR count). The van der Waals surface area contributed by atoms with E-state index in [1.54, 1.807) is 0 Å². The molecule has 0 aliphatic carbocycles. The molecule has 2 N–H and O–H groups in total. The Kier molecular flexibility index (Phi) is 5.63. The van der Waals surface area contributed by atoms with Gasteiger partial charge in [-0.1, -0.05) is 49.0 Å². The van der Waals surface area contributed by atoms with Crippen LogP contribution in [-0.4, -0.2) is 24.0 Å². The average molecular weight is 377 g/mol. The molecule has 1 aliphatic heterocycles. The van der Waals surface area contributed by atoms with Crippen LogP contribution < -0.4 is 10.6 Å². The predicted octanol–water partition coefficient (Wildman–Crippen LogP) is 3.60. The van der Waals surface area contributed by atoms with E-state index >= 15 is 0 Å². The number of thioether (sulfide) groups is 1. The van der Waals surface area contributed by atoms with E-state index in [1.807, 2.05) is 42.2 Å². The molecule has 7 heteroatoms. The number of nitriles is 1. The third-order valence-corrected chi connectivity index (χ3v) is 5.80. The van der Waals surface area contributed by atoms with Gasteiger partial charge in [0.2, 0.25) is 11.6 Å². The van der Waals surface area contributed by atoms with Gasteiger partial charge < -0.3 is 10.6 Å². The Morgan fingerprint density at radius 3 is 2.63 bits per heavy atom. The van der Waals surface area contributed by atoms with Gasteiger partial charge in [-0.05, 0) is 24.0 Å². The first-order chi connectivity index (χ1) is 13.1. The summed E-state index contributed by atoms with van der Waals surface area (Å²) in [6.07, 6.45) is 1.60. The molecule has 1 saturated heterocycles. The first kappa shape index (κ1) is 18.8. The van der Waals surface area contributed by atoms with Crippen molar-refractivity contribution in [2.45, 2.75) is 30.0 Å². The molecule has 6 nitrogen and oxygen atoms in total. The molecule has 1 aromatic carbocycles. The maximum atomic E-state index is 12.1. The second kappa shape index (κ2) is 8.11. The van der Waals surface area contributed by atoms with Crippen LogP contribution in [-0.2, 0) is 11.2 Å². The molecular formula is C20H19N5OS. The topological polar surface area (TPSA) is 87.4 Å². The van der Waals surface area contributed by atoms with Gasteiger partial charge in [0.15, 0.2) is 0 Å². The van der Waals surface area contributed by atoms with Crippen molar-refractivity contribution in [1.82, 2.24) is 4.98 Å². The minimum Gasteiger partial charge on any atom is -0.368 e. The van der Waals surface area contributed by atoms with Gasteiger partial charge in [-0.15, -0.1) is 0 Å². The van der Waals surface area contributed by atoms with Crippen LogP contribution in [0, 0.1) is 17.9 Å². The second-order valence-electron chi connectivity index (χ2n) is 6.17. The minimum absolute atomic E-state index is 0.361. The Labute approximate surface area is 162 Å². The molecule has 2 heterocycles. The second-order valence-corrected chi connectivity index (χ2v) is 7.27. The molecule has 0 radical (unpaired) electrons. The van der Waals surface area contributed by atoms with Gasteiger partial charge in [0.05, 0.1) is 12.1 Å². The number of rotatable bonds is 6. The lowest BCUT2D eigenvalue weighted by molar-refractivity contribution is -0.117. The summed E-state index contributed by atoms with van der Waals surface area (Å²) in [6.45, 7) is 11.2. The standard InChI is InChI=1S/C20H19N5OS/c1-3-14-15(12-21)20(24-19(16(14)23-2)25-10-7-11-25)27-17(18(22)26)13-8-5-4-6-9-13/h4-6,8-9,17H,3,7,10-11H2,1H3,(H2,22,26). The Balaban J connectivity index is 2.12. The zero-order valence-corrected chi connectivity index (χ0v) is 15.8. The fraction of sp³-hybridized carbons (Fsp3) is 0.300. The van der Waals surface area contributed by atoms with E-state index in [-0.39, 0.29) is 0 Å². The van der Waals surface area contributed by atoms with Crippen LogP contribution in [0.1, 0.15) is 35.3 Å². The number of benzene rings is 1. The molecule has 0 saturated carbocycles. The molecule has 1 atom stereocenters. The number of nitrogens with zero attached hydrogens (tertiary/aromatic N) is 4. The number of hydrogen-bond donors (Lipinski definition) is 1. The molecule has 1 amide bonds. The van der Waals surface area contributed by atoms with E-state index in [4.69, 9.17) is 12.3 Å². The summed E-state index contributed by atoms with van der Waals surface area (Å²) in [6, 6.07) is 11.4. The maximum absolute atomic E-state index is 12.1. The third kappa shape index (κ3) is 3.60. The third-order valence-electron chi connectivity index (χ3n) is 4.54.